The molecule has 32 heavy (non-hydrogen) atoms. The molecule has 0 unspecified atom stereocenters. The first kappa shape index (κ1) is 21.8. The molecule has 3 aromatic rings. The van der Waals surface area contributed by atoms with Crippen LogP contribution in [-0.4, -0.2) is 30.3 Å². The summed E-state index contributed by atoms with van der Waals surface area (Å²) < 4.78 is 80.2. The first-order valence-electron chi connectivity index (χ1n) is 9.35. The van der Waals surface area contributed by atoms with Crippen molar-refractivity contribution in [2.24, 2.45) is 4.99 Å². The molecule has 1 aromatic heterocycles. The molecule has 0 saturated heterocycles. The maximum atomic E-state index is 13.4. The third-order valence-electron chi connectivity index (χ3n) is 4.62. The van der Waals surface area contributed by atoms with Gasteiger partial charge in [-0.15, -0.1) is 0 Å². The standard InChI is InChI=1S/C21H16F4N4O2S/c22-15-5-16(23)7-18(6-15)32(30,31)28-17-3-2-14-10-26-20(19(14)8-17)4-1-13-9-27-29(11-13)12-21(24)25/h1-9,11,21,28H,10,12H2/b4-1+. The fraction of sp³-hybridized carbons (Fsp3) is 0.143. The van der Waals surface area contributed by atoms with Gasteiger partial charge in [-0.05, 0) is 42.0 Å². The fourth-order valence-electron chi connectivity index (χ4n) is 3.19. The van der Waals surface area contributed by atoms with Gasteiger partial charge in [0.1, 0.15) is 18.2 Å². The minimum atomic E-state index is -4.22. The molecular weight excluding hydrogens is 448 g/mol. The van der Waals surface area contributed by atoms with Crippen LogP contribution in [0.15, 0.2) is 64.8 Å². The van der Waals surface area contributed by atoms with Crippen LogP contribution < -0.4 is 4.72 Å². The molecule has 0 atom stereocenters. The van der Waals surface area contributed by atoms with E-state index in [0.717, 1.165) is 22.4 Å². The predicted octanol–water partition coefficient (Wildman–Crippen LogP) is 4.24. The number of benzene rings is 2. The van der Waals surface area contributed by atoms with Gasteiger partial charge in [0.15, 0.2) is 0 Å². The Morgan fingerprint density at radius 2 is 1.84 bits per heavy atom. The number of hydrogen-bond acceptors (Lipinski definition) is 4. The van der Waals surface area contributed by atoms with Crippen LogP contribution >= 0.6 is 0 Å². The summed E-state index contributed by atoms with van der Waals surface area (Å²) in [6.07, 6.45) is 3.74. The third kappa shape index (κ3) is 4.88. The van der Waals surface area contributed by atoms with Gasteiger partial charge in [0, 0.05) is 29.1 Å². The fourth-order valence-corrected chi connectivity index (χ4v) is 4.28. The SMILES string of the molecule is O=S(=O)(Nc1ccc2c(c1)C(/C=C/c1cnn(CC(F)F)c1)=NC2)c1cc(F)cc(F)c1. The number of allylic oxidation sites excluding steroid dienone is 1. The van der Waals surface area contributed by atoms with E-state index in [9.17, 15) is 26.0 Å². The molecule has 4 rings (SSSR count). The first-order chi connectivity index (χ1) is 15.2. The molecular formula is C21H16F4N4O2S. The van der Waals surface area contributed by atoms with Crippen molar-refractivity contribution in [3.05, 3.63) is 83.2 Å². The predicted molar refractivity (Wildman–Crippen MR) is 111 cm³/mol. The normalized spacial score (nSPS) is 13.6. The van der Waals surface area contributed by atoms with Crippen LogP contribution in [0.25, 0.3) is 6.08 Å². The molecule has 1 aliphatic rings. The summed E-state index contributed by atoms with van der Waals surface area (Å²) in [5, 5.41) is 3.86. The van der Waals surface area contributed by atoms with Crippen molar-refractivity contribution in [2.75, 3.05) is 4.72 Å². The summed E-state index contributed by atoms with van der Waals surface area (Å²) in [6, 6.07) is 6.83. The van der Waals surface area contributed by atoms with Gasteiger partial charge in [-0.25, -0.2) is 26.0 Å². The smallest absolute Gasteiger partial charge is 0.262 e. The van der Waals surface area contributed by atoms with Crippen molar-refractivity contribution in [3.8, 4) is 0 Å². The van der Waals surface area contributed by atoms with Crippen LogP contribution in [0.5, 0.6) is 0 Å². The number of sulfonamides is 1. The summed E-state index contributed by atoms with van der Waals surface area (Å²) in [4.78, 5) is 3.86. The van der Waals surface area contributed by atoms with Crippen molar-refractivity contribution in [1.82, 2.24) is 9.78 Å². The topological polar surface area (TPSA) is 76.3 Å². The lowest BCUT2D eigenvalue weighted by Gasteiger charge is -2.10. The van der Waals surface area contributed by atoms with Crippen LogP contribution in [-0.2, 0) is 23.1 Å². The van der Waals surface area contributed by atoms with Crippen LogP contribution in [0, 0.1) is 11.6 Å². The number of aliphatic imine (C=N–C) groups is 1. The van der Waals surface area contributed by atoms with Crippen molar-refractivity contribution < 1.29 is 26.0 Å². The van der Waals surface area contributed by atoms with E-state index in [1.165, 1.54) is 18.5 Å². The monoisotopic (exact) mass is 464 g/mol. The highest BCUT2D eigenvalue weighted by molar-refractivity contribution is 7.92. The molecule has 0 saturated carbocycles. The molecule has 166 valence electrons. The van der Waals surface area contributed by atoms with Gasteiger partial charge in [0.2, 0.25) is 0 Å². The highest BCUT2D eigenvalue weighted by atomic mass is 32.2. The lowest BCUT2D eigenvalue weighted by molar-refractivity contribution is 0.122. The molecule has 0 spiro atoms. The summed E-state index contributed by atoms with van der Waals surface area (Å²) >= 11 is 0. The number of halogens is 4. The number of anilines is 1. The second-order valence-corrected chi connectivity index (χ2v) is 8.69. The number of fused-ring (bicyclic) bond motifs is 1. The molecule has 0 bridgehead atoms. The molecule has 0 radical (unpaired) electrons. The highest BCUT2D eigenvalue weighted by Gasteiger charge is 2.19. The maximum absolute atomic E-state index is 13.4. The molecule has 2 aromatic carbocycles. The lowest BCUT2D eigenvalue weighted by Crippen LogP contribution is -2.14. The van der Waals surface area contributed by atoms with Crippen LogP contribution in [0.2, 0.25) is 0 Å². The average molecular weight is 464 g/mol. The molecule has 1 aliphatic heterocycles. The quantitative estimate of drug-likeness (QED) is 0.532. The number of alkyl halides is 2. The van der Waals surface area contributed by atoms with Gasteiger partial charge in [0.05, 0.1) is 23.3 Å². The zero-order valence-electron chi connectivity index (χ0n) is 16.3. The Morgan fingerprint density at radius 1 is 1.09 bits per heavy atom. The molecule has 2 heterocycles. The number of nitrogens with one attached hydrogen (secondary N) is 1. The van der Waals surface area contributed by atoms with E-state index < -0.39 is 39.5 Å². The lowest BCUT2D eigenvalue weighted by atomic mass is 10.0. The number of rotatable bonds is 7. The zero-order valence-corrected chi connectivity index (χ0v) is 17.2. The molecule has 0 fully saturated rings. The van der Waals surface area contributed by atoms with E-state index in [1.54, 1.807) is 24.3 Å². The van der Waals surface area contributed by atoms with Gasteiger partial charge in [-0.1, -0.05) is 6.07 Å². The second kappa shape index (κ2) is 8.58. The van der Waals surface area contributed by atoms with E-state index in [2.05, 4.69) is 14.8 Å². The number of nitrogens with zero attached hydrogens (tertiary/aromatic N) is 3. The minimum Gasteiger partial charge on any atom is -0.280 e. The Morgan fingerprint density at radius 3 is 2.56 bits per heavy atom. The van der Waals surface area contributed by atoms with Gasteiger partial charge in [-0.2, -0.15) is 5.10 Å². The van der Waals surface area contributed by atoms with E-state index >= 15 is 0 Å². The first-order valence-corrected chi connectivity index (χ1v) is 10.8. The second-order valence-electron chi connectivity index (χ2n) is 7.00. The Bertz CT molecular complexity index is 1310. The van der Waals surface area contributed by atoms with E-state index in [1.807, 2.05) is 0 Å². The van der Waals surface area contributed by atoms with Gasteiger partial charge < -0.3 is 0 Å². The minimum absolute atomic E-state index is 0.196. The summed E-state index contributed by atoms with van der Waals surface area (Å²) in [5.74, 6) is -2.01. The van der Waals surface area contributed by atoms with Gasteiger partial charge >= 0.3 is 0 Å². The number of hydrogen-bond donors (Lipinski definition) is 1. The Balaban J connectivity index is 1.54. The summed E-state index contributed by atoms with van der Waals surface area (Å²) in [7, 11) is -4.22. The van der Waals surface area contributed by atoms with E-state index in [-0.39, 0.29) is 5.69 Å². The third-order valence-corrected chi connectivity index (χ3v) is 5.98. The van der Waals surface area contributed by atoms with Crippen molar-refractivity contribution in [1.29, 1.82) is 0 Å². The van der Waals surface area contributed by atoms with Crippen molar-refractivity contribution in [3.63, 3.8) is 0 Å². The van der Waals surface area contributed by atoms with Gasteiger partial charge in [-0.3, -0.25) is 14.4 Å². The molecule has 11 heteroatoms. The molecule has 0 amide bonds. The maximum Gasteiger partial charge on any atom is 0.262 e. The largest absolute Gasteiger partial charge is 0.280 e. The van der Waals surface area contributed by atoms with E-state index in [0.29, 0.717) is 29.4 Å². The molecule has 0 aliphatic carbocycles. The summed E-state index contributed by atoms with van der Waals surface area (Å²) in [5.41, 5.74) is 2.90. The average Bonchev–Trinajstić information content (AvgIpc) is 3.31. The van der Waals surface area contributed by atoms with Crippen LogP contribution in [0.1, 0.15) is 16.7 Å². The van der Waals surface area contributed by atoms with Crippen molar-refractivity contribution >= 4 is 27.5 Å². The van der Waals surface area contributed by atoms with E-state index in [4.69, 9.17) is 0 Å². The zero-order chi connectivity index (χ0) is 22.9. The van der Waals surface area contributed by atoms with Crippen molar-refractivity contribution in [2.45, 2.75) is 24.4 Å². The van der Waals surface area contributed by atoms with Gasteiger partial charge in [0.25, 0.3) is 16.4 Å². The Hall–Kier alpha value is -3.47. The van der Waals surface area contributed by atoms with Crippen LogP contribution in [0.4, 0.5) is 23.2 Å². The number of aromatic nitrogens is 2. The Labute approximate surface area is 181 Å². The Kier molecular flexibility index (Phi) is 5.83. The summed E-state index contributed by atoms with van der Waals surface area (Å²) in [6.45, 7) is -0.113. The highest BCUT2D eigenvalue weighted by Crippen LogP contribution is 2.26. The van der Waals surface area contributed by atoms with Crippen LogP contribution in [0.3, 0.4) is 0 Å². The molecule has 1 N–H and O–H groups in total. The molecule has 6 nitrogen and oxygen atoms in total.